The van der Waals surface area contributed by atoms with Crippen LogP contribution in [0.25, 0.3) is 0 Å². The van der Waals surface area contributed by atoms with Crippen LogP contribution in [-0.2, 0) is 0 Å². The standard InChI is InChI=1S/C18H18N2O2S/c1-3-11(2)19-17(21)12-8-9-16-14(10-12)20-18(22)13-6-4-5-7-15(13)23-16/h4-11H,3H2,1-2H3,(H,19,21)(H,20,22). The number of amides is 2. The van der Waals surface area contributed by atoms with Crippen LogP contribution < -0.4 is 10.6 Å². The molecule has 0 aromatic heterocycles. The van der Waals surface area contributed by atoms with E-state index in [1.165, 1.54) is 11.8 Å². The lowest BCUT2D eigenvalue weighted by Gasteiger charge is -2.13. The minimum Gasteiger partial charge on any atom is -0.350 e. The number of benzene rings is 2. The van der Waals surface area contributed by atoms with Crippen molar-refractivity contribution < 1.29 is 9.59 Å². The molecule has 0 radical (unpaired) electrons. The molecule has 4 nitrogen and oxygen atoms in total. The third-order valence-electron chi connectivity index (χ3n) is 3.83. The monoisotopic (exact) mass is 326 g/mol. The maximum absolute atomic E-state index is 12.3. The first kappa shape index (κ1) is 15.6. The van der Waals surface area contributed by atoms with Crippen molar-refractivity contribution in [2.45, 2.75) is 36.1 Å². The number of fused-ring (bicyclic) bond motifs is 2. The Morgan fingerprint density at radius 3 is 2.78 bits per heavy atom. The van der Waals surface area contributed by atoms with Crippen molar-refractivity contribution in [1.29, 1.82) is 0 Å². The summed E-state index contributed by atoms with van der Waals surface area (Å²) in [6.45, 7) is 3.99. The number of anilines is 1. The van der Waals surface area contributed by atoms with Crippen LogP contribution in [0.2, 0.25) is 0 Å². The molecule has 2 N–H and O–H groups in total. The van der Waals surface area contributed by atoms with Gasteiger partial charge in [0.2, 0.25) is 0 Å². The highest BCUT2D eigenvalue weighted by Crippen LogP contribution is 2.38. The van der Waals surface area contributed by atoms with Gasteiger partial charge in [-0.3, -0.25) is 9.59 Å². The summed E-state index contributed by atoms with van der Waals surface area (Å²) >= 11 is 1.53. The summed E-state index contributed by atoms with van der Waals surface area (Å²) in [5.41, 5.74) is 1.88. The Labute approximate surface area is 139 Å². The second-order valence-electron chi connectivity index (χ2n) is 5.55. The van der Waals surface area contributed by atoms with Crippen molar-refractivity contribution in [3.63, 3.8) is 0 Å². The number of hydrogen-bond donors (Lipinski definition) is 2. The van der Waals surface area contributed by atoms with E-state index in [4.69, 9.17) is 0 Å². The van der Waals surface area contributed by atoms with E-state index >= 15 is 0 Å². The number of rotatable bonds is 3. The Bertz CT molecular complexity index is 773. The summed E-state index contributed by atoms with van der Waals surface area (Å²) < 4.78 is 0. The first-order chi connectivity index (χ1) is 11.1. The molecular weight excluding hydrogens is 308 g/mol. The molecule has 23 heavy (non-hydrogen) atoms. The molecule has 2 aromatic rings. The summed E-state index contributed by atoms with van der Waals surface area (Å²) in [5, 5.41) is 5.84. The van der Waals surface area contributed by atoms with Crippen molar-refractivity contribution in [2.75, 3.05) is 5.32 Å². The molecule has 1 atom stereocenters. The van der Waals surface area contributed by atoms with Gasteiger partial charge in [0.15, 0.2) is 0 Å². The van der Waals surface area contributed by atoms with E-state index in [0.29, 0.717) is 16.8 Å². The van der Waals surface area contributed by atoms with Crippen LogP contribution in [0.5, 0.6) is 0 Å². The van der Waals surface area contributed by atoms with Crippen LogP contribution in [0.4, 0.5) is 5.69 Å². The fourth-order valence-corrected chi connectivity index (χ4v) is 3.33. The van der Waals surface area contributed by atoms with Gasteiger partial charge in [-0.15, -0.1) is 0 Å². The molecule has 0 bridgehead atoms. The first-order valence-corrected chi connectivity index (χ1v) is 8.43. The van der Waals surface area contributed by atoms with Gasteiger partial charge in [0, 0.05) is 21.4 Å². The lowest BCUT2D eigenvalue weighted by Crippen LogP contribution is -2.31. The van der Waals surface area contributed by atoms with Crippen LogP contribution in [0.15, 0.2) is 52.3 Å². The molecule has 2 aromatic carbocycles. The van der Waals surface area contributed by atoms with Gasteiger partial charge in [-0.25, -0.2) is 0 Å². The third kappa shape index (κ3) is 3.24. The van der Waals surface area contributed by atoms with Crippen LogP contribution >= 0.6 is 11.8 Å². The molecule has 0 aliphatic carbocycles. The van der Waals surface area contributed by atoms with Gasteiger partial charge in [-0.1, -0.05) is 30.8 Å². The van der Waals surface area contributed by atoms with Gasteiger partial charge in [-0.2, -0.15) is 0 Å². The summed E-state index contributed by atoms with van der Waals surface area (Å²) in [4.78, 5) is 26.5. The molecule has 1 aliphatic heterocycles. The highest BCUT2D eigenvalue weighted by Gasteiger charge is 2.20. The summed E-state index contributed by atoms with van der Waals surface area (Å²) in [5.74, 6) is -0.269. The Balaban J connectivity index is 1.92. The highest BCUT2D eigenvalue weighted by atomic mass is 32.2. The van der Waals surface area contributed by atoms with Crippen LogP contribution in [0.1, 0.15) is 41.0 Å². The van der Waals surface area contributed by atoms with Crippen LogP contribution in [0.3, 0.4) is 0 Å². The smallest absolute Gasteiger partial charge is 0.256 e. The summed E-state index contributed by atoms with van der Waals surface area (Å²) in [6, 6.07) is 13.0. The first-order valence-electron chi connectivity index (χ1n) is 7.61. The van der Waals surface area contributed by atoms with Crippen molar-refractivity contribution in [2.24, 2.45) is 0 Å². The molecule has 1 unspecified atom stereocenters. The second-order valence-corrected chi connectivity index (χ2v) is 6.63. The molecule has 118 valence electrons. The van der Waals surface area contributed by atoms with Crippen molar-refractivity contribution in [1.82, 2.24) is 5.32 Å². The van der Waals surface area contributed by atoms with E-state index in [2.05, 4.69) is 10.6 Å². The Morgan fingerprint density at radius 2 is 2.00 bits per heavy atom. The van der Waals surface area contributed by atoms with Crippen molar-refractivity contribution in [3.05, 3.63) is 53.6 Å². The second kappa shape index (κ2) is 6.46. The van der Waals surface area contributed by atoms with Gasteiger partial charge >= 0.3 is 0 Å². The zero-order valence-electron chi connectivity index (χ0n) is 13.1. The SMILES string of the molecule is CCC(C)NC(=O)c1ccc2c(c1)NC(=O)c1ccccc1S2. The van der Waals surface area contributed by atoms with Gasteiger partial charge in [0.1, 0.15) is 0 Å². The molecule has 1 heterocycles. The molecule has 0 spiro atoms. The third-order valence-corrected chi connectivity index (χ3v) is 4.98. The fraction of sp³-hybridized carbons (Fsp3) is 0.222. The predicted molar refractivity (Wildman–Crippen MR) is 92.2 cm³/mol. The average Bonchev–Trinajstić information content (AvgIpc) is 2.70. The van der Waals surface area contributed by atoms with Crippen LogP contribution in [0, 0.1) is 0 Å². The predicted octanol–water partition coefficient (Wildman–Crippen LogP) is 3.93. The van der Waals surface area contributed by atoms with E-state index < -0.39 is 0 Å². The van der Waals surface area contributed by atoms with Gasteiger partial charge in [-0.05, 0) is 43.7 Å². The normalized spacial score (nSPS) is 14.1. The molecule has 0 saturated carbocycles. The maximum Gasteiger partial charge on any atom is 0.256 e. The summed E-state index contributed by atoms with van der Waals surface area (Å²) in [7, 11) is 0. The molecular formula is C18H18N2O2S. The fourth-order valence-electron chi connectivity index (χ4n) is 2.32. The zero-order chi connectivity index (χ0) is 16.4. The lowest BCUT2D eigenvalue weighted by molar-refractivity contribution is 0.0938. The Hall–Kier alpha value is -2.27. The van der Waals surface area contributed by atoms with Gasteiger partial charge in [0.25, 0.3) is 11.8 Å². The quantitative estimate of drug-likeness (QED) is 0.898. The number of carbonyl (C=O) groups is 2. The van der Waals surface area contributed by atoms with E-state index in [-0.39, 0.29) is 17.9 Å². The van der Waals surface area contributed by atoms with E-state index in [9.17, 15) is 9.59 Å². The van der Waals surface area contributed by atoms with Gasteiger partial charge in [0.05, 0.1) is 11.3 Å². The molecule has 2 amide bonds. The van der Waals surface area contributed by atoms with E-state index in [0.717, 1.165) is 16.2 Å². The van der Waals surface area contributed by atoms with Gasteiger partial charge < -0.3 is 10.6 Å². The van der Waals surface area contributed by atoms with E-state index in [1.54, 1.807) is 18.2 Å². The van der Waals surface area contributed by atoms with Crippen molar-refractivity contribution >= 4 is 29.3 Å². The van der Waals surface area contributed by atoms with Crippen LogP contribution in [-0.4, -0.2) is 17.9 Å². The molecule has 3 rings (SSSR count). The average molecular weight is 326 g/mol. The molecule has 5 heteroatoms. The number of hydrogen-bond acceptors (Lipinski definition) is 3. The Morgan fingerprint density at radius 1 is 1.22 bits per heavy atom. The number of carbonyl (C=O) groups excluding carboxylic acids is 2. The zero-order valence-corrected chi connectivity index (χ0v) is 13.9. The molecule has 1 aliphatic rings. The number of nitrogens with one attached hydrogen (secondary N) is 2. The Kier molecular flexibility index (Phi) is 4.39. The minimum atomic E-state index is -0.147. The lowest BCUT2D eigenvalue weighted by atomic mass is 10.1. The minimum absolute atomic E-state index is 0.120. The maximum atomic E-state index is 12.3. The van der Waals surface area contributed by atoms with Crippen molar-refractivity contribution in [3.8, 4) is 0 Å². The summed E-state index contributed by atoms with van der Waals surface area (Å²) in [6.07, 6.45) is 0.874. The highest BCUT2D eigenvalue weighted by molar-refractivity contribution is 7.99. The molecule has 0 saturated heterocycles. The van der Waals surface area contributed by atoms with E-state index in [1.807, 2.05) is 38.1 Å². The molecule has 0 fully saturated rings. The largest absolute Gasteiger partial charge is 0.350 e. The topological polar surface area (TPSA) is 58.2 Å².